The number of nitrogens with zero attached hydrogens (tertiary/aromatic N) is 4. The summed E-state index contributed by atoms with van der Waals surface area (Å²) in [5.41, 5.74) is 1.11. The molecule has 0 saturated carbocycles. The number of carboxylic acid groups (broad SMARTS) is 1. The van der Waals surface area contributed by atoms with Gasteiger partial charge in [0.1, 0.15) is 11.3 Å². The summed E-state index contributed by atoms with van der Waals surface area (Å²) >= 11 is 0. The first-order valence-electron chi connectivity index (χ1n) is 10.2. The Balaban J connectivity index is 0.000000383. The first-order valence-corrected chi connectivity index (χ1v) is 10.2. The molecule has 0 aromatic carbocycles. The minimum Gasteiger partial charge on any atom is -0.475 e. The van der Waals surface area contributed by atoms with Crippen molar-refractivity contribution in [3.63, 3.8) is 0 Å². The van der Waals surface area contributed by atoms with Crippen molar-refractivity contribution >= 4 is 11.9 Å². The number of hydrogen-bond acceptors (Lipinski definition) is 7. The van der Waals surface area contributed by atoms with Crippen molar-refractivity contribution in [2.24, 2.45) is 5.92 Å². The van der Waals surface area contributed by atoms with Gasteiger partial charge in [-0.3, -0.25) is 14.8 Å². The highest BCUT2D eigenvalue weighted by atomic mass is 19.4. The van der Waals surface area contributed by atoms with Crippen LogP contribution in [0.15, 0.2) is 43.0 Å². The predicted octanol–water partition coefficient (Wildman–Crippen LogP) is 2.34. The maximum atomic E-state index is 12.4. The third-order valence-corrected chi connectivity index (χ3v) is 5.42. The van der Waals surface area contributed by atoms with Gasteiger partial charge in [-0.2, -0.15) is 13.2 Å². The fourth-order valence-electron chi connectivity index (χ4n) is 3.74. The molecule has 2 saturated heterocycles. The van der Waals surface area contributed by atoms with Crippen molar-refractivity contribution in [3.8, 4) is 0 Å². The number of halogens is 3. The lowest BCUT2D eigenvalue weighted by Gasteiger charge is -2.50. The SMILES string of the molecule is O=C(O)C(F)(F)F.O=C(c1cnccn1)N1CC2(C1)OCCC2CCOCc1ccccn1. The summed E-state index contributed by atoms with van der Waals surface area (Å²) in [5.74, 6) is -2.42. The molecular formula is C21H23F3N4O5. The number of amides is 1. The minimum atomic E-state index is -5.08. The van der Waals surface area contributed by atoms with Crippen LogP contribution in [0.2, 0.25) is 0 Å². The van der Waals surface area contributed by atoms with Crippen LogP contribution < -0.4 is 0 Å². The first kappa shape index (κ1) is 24.5. The van der Waals surface area contributed by atoms with Crippen molar-refractivity contribution in [1.29, 1.82) is 0 Å². The number of pyridine rings is 1. The van der Waals surface area contributed by atoms with Gasteiger partial charge in [-0.25, -0.2) is 9.78 Å². The van der Waals surface area contributed by atoms with Crippen molar-refractivity contribution < 1.29 is 37.3 Å². The Morgan fingerprint density at radius 2 is 1.97 bits per heavy atom. The minimum absolute atomic E-state index is 0.0793. The summed E-state index contributed by atoms with van der Waals surface area (Å²) in [6, 6.07) is 5.82. The van der Waals surface area contributed by atoms with Gasteiger partial charge in [0, 0.05) is 31.8 Å². The van der Waals surface area contributed by atoms with Gasteiger partial charge >= 0.3 is 12.1 Å². The molecule has 4 heterocycles. The van der Waals surface area contributed by atoms with Crippen LogP contribution in [0.25, 0.3) is 0 Å². The zero-order valence-electron chi connectivity index (χ0n) is 17.6. The summed E-state index contributed by atoms with van der Waals surface area (Å²) in [6.45, 7) is 3.18. The highest BCUT2D eigenvalue weighted by Gasteiger charge is 2.54. The Morgan fingerprint density at radius 1 is 1.21 bits per heavy atom. The number of rotatable bonds is 6. The number of aliphatic carboxylic acids is 1. The number of ether oxygens (including phenoxy) is 2. The normalized spacial score (nSPS) is 18.9. The van der Waals surface area contributed by atoms with Gasteiger partial charge in [0.15, 0.2) is 0 Å². The smallest absolute Gasteiger partial charge is 0.475 e. The lowest BCUT2D eigenvalue weighted by molar-refractivity contribution is -0.192. The summed E-state index contributed by atoms with van der Waals surface area (Å²) in [6.07, 6.45) is 3.24. The summed E-state index contributed by atoms with van der Waals surface area (Å²) in [5, 5.41) is 7.12. The monoisotopic (exact) mass is 468 g/mol. The Kier molecular flexibility index (Phi) is 7.92. The average molecular weight is 468 g/mol. The molecule has 1 atom stereocenters. The molecule has 2 aliphatic rings. The quantitative estimate of drug-likeness (QED) is 0.643. The Hall–Kier alpha value is -3.12. The van der Waals surface area contributed by atoms with E-state index in [2.05, 4.69) is 15.0 Å². The van der Waals surface area contributed by atoms with Crippen LogP contribution >= 0.6 is 0 Å². The molecule has 178 valence electrons. The summed E-state index contributed by atoms with van der Waals surface area (Å²) in [4.78, 5) is 35.4. The molecule has 0 bridgehead atoms. The number of alkyl halides is 3. The zero-order valence-corrected chi connectivity index (χ0v) is 17.6. The van der Waals surface area contributed by atoms with Crippen LogP contribution in [0.3, 0.4) is 0 Å². The van der Waals surface area contributed by atoms with Crippen molar-refractivity contribution in [2.75, 3.05) is 26.3 Å². The number of likely N-dealkylation sites (tertiary alicyclic amines) is 1. The molecule has 33 heavy (non-hydrogen) atoms. The average Bonchev–Trinajstić information content (AvgIpc) is 3.20. The molecule has 1 spiro atoms. The Bertz CT molecular complexity index is 925. The molecule has 2 aliphatic heterocycles. The van der Waals surface area contributed by atoms with Crippen LogP contribution in [0.1, 0.15) is 29.0 Å². The van der Waals surface area contributed by atoms with Crippen LogP contribution in [0.5, 0.6) is 0 Å². The van der Waals surface area contributed by atoms with Crippen molar-refractivity contribution in [1.82, 2.24) is 19.9 Å². The second-order valence-corrected chi connectivity index (χ2v) is 7.62. The standard InChI is InChI=1S/C19H22N4O3.C2HF3O2/c24-18(17-11-20-7-8-22-17)23-13-19(14-23)15(5-10-26-19)4-9-25-12-16-3-1-2-6-21-16;3-2(4,5)1(6)7/h1-3,6-8,11,15H,4-5,9-10,12-14H2;(H,6,7). The lowest BCUT2D eigenvalue weighted by atomic mass is 9.79. The Morgan fingerprint density at radius 3 is 2.58 bits per heavy atom. The molecular weight excluding hydrogens is 445 g/mol. The number of hydrogen-bond donors (Lipinski definition) is 1. The third-order valence-electron chi connectivity index (χ3n) is 5.42. The maximum Gasteiger partial charge on any atom is 0.490 e. The number of carboxylic acids is 1. The molecule has 0 radical (unpaired) electrons. The van der Waals surface area contributed by atoms with E-state index >= 15 is 0 Å². The van der Waals surface area contributed by atoms with Gasteiger partial charge in [-0.15, -0.1) is 0 Å². The van der Waals surface area contributed by atoms with Crippen molar-refractivity contribution in [2.45, 2.75) is 31.2 Å². The van der Waals surface area contributed by atoms with Gasteiger partial charge in [0.05, 0.1) is 31.6 Å². The molecule has 1 unspecified atom stereocenters. The van der Waals surface area contributed by atoms with Gasteiger partial charge in [-0.05, 0) is 30.9 Å². The van der Waals surface area contributed by atoms with Crippen LogP contribution in [-0.4, -0.2) is 74.9 Å². The molecule has 0 aliphatic carbocycles. The summed E-state index contributed by atoms with van der Waals surface area (Å²) in [7, 11) is 0. The van der Waals surface area contributed by atoms with E-state index in [-0.39, 0.29) is 11.5 Å². The molecule has 9 nitrogen and oxygen atoms in total. The second-order valence-electron chi connectivity index (χ2n) is 7.62. The predicted molar refractivity (Wildman–Crippen MR) is 107 cm³/mol. The summed E-state index contributed by atoms with van der Waals surface area (Å²) < 4.78 is 43.5. The Labute approximate surface area is 187 Å². The van der Waals surface area contributed by atoms with Gasteiger partial charge < -0.3 is 19.5 Å². The third kappa shape index (κ3) is 6.45. The van der Waals surface area contributed by atoms with Gasteiger partial charge in [0.25, 0.3) is 5.91 Å². The molecule has 1 N–H and O–H groups in total. The van der Waals surface area contributed by atoms with E-state index in [0.29, 0.717) is 37.9 Å². The molecule has 4 rings (SSSR count). The molecule has 2 aromatic heterocycles. The van der Waals surface area contributed by atoms with E-state index in [1.54, 1.807) is 17.3 Å². The fraction of sp³-hybridized carbons (Fsp3) is 0.476. The topological polar surface area (TPSA) is 115 Å². The van der Waals surface area contributed by atoms with Gasteiger partial charge in [0.2, 0.25) is 0 Å². The molecule has 1 amide bonds. The van der Waals surface area contributed by atoms with Gasteiger partial charge in [-0.1, -0.05) is 6.07 Å². The van der Waals surface area contributed by atoms with Crippen LogP contribution in [-0.2, 0) is 20.9 Å². The van der Waals surface area contributed by atoms with E-state index in [4.69, 9.17) is 19.4 Å². The van der Waals surface area contributed by atoms with Crippen LogP contribution in [0, 0.1) is 5.92 Å². The molecule has 2 aromatic rings. The first-order chi connectivity index (χ1) is 15.7. The zero-order chi connectivity index (χ0) is 23.9. The van der Waals surface area contributed by atoms with Crippen LogP contribution in [0.4, 0.5) is 13.2 Å². The lowest BCUT2D eigenvalue weighted by Crippen LogP contribution is -2.66. The van der Waals surface area contributed by atoms with E-state index in [0.717, 1.165) is 25.1 Å². The van der Waals surface area contributed by atoms with E-state index in [1.807, 2.05) is 18.2 Å². The number of carbonyl (C=O) groups is 2. The van der Waals surface area contributed by atoms with E-state index < -0.39 is 12.1 Å². The molecule has 12 heteroatoms. The fourth-order valence-corrected chi connectivity index (χ4v) is 3.74. The van der Waals surface area contributed by atoms with E-state index in [1.165, 1.54) is 12.4 Å². The molecule has 2 fully saturated rings. The maximum absolute atomic E-state index is 12.4. The number of carbonyl (C=O) groups excluding carboxylic acids is 1. The highest BCUT2D eigenvalue weighted by molar-refractivity contribution is 5.92. The highest BCUT2D eigenvalue weighted by Crippen LogP contribution is 2.42. The van der Waals surface area contributed by atoms with E-state index in [9.17, 15) is 18.0 Å². The second kappa shape index (κ2) is 10.7. The number of aromatic nitrogens is 3. The van der Waals surface area contributed by atoms with Crippen molar-refractivity contribution in [3.05, 3.63) is 54.4 Å². The largest absolute Gasteiger partial charge is 0.490 e.